The zero-order valence-corrected chi connectivity index (χ0v) is 10.8. The van der Waals surface area contributed by atoms with Crippen LogP contribution < -0.4 is 4.72 Å². The summed E-state index contributed by atoms with van der Waals surface area (Å²) in [4.78, 5) is -0.0278. The molecule has 0 aromatic heterocycles. The molecule has 0 atom stereocenters. The maximum absolute atomic E-state index is 11.9. The quantitative estimate of drug-likeness (QED) is 0.927. The number of halogens is 3. The third kappa shape index (κ3) is 3.80. The predicted octanol–water partition coefficient (Wildman–Crippen LogP) is 2.30. The average molecular weight is 314 g/mol. The third-order valence-corrected chi connectivity index (χ3v) is 3.61. The highest BCUT2D eigenvalue weighted by atomic mass is 79.9. The molecule has 1 aromatic carbocycles. The van der Waals surface area contributed by atoms with Crippen molar-refractivity contribution < 1.29 is 17.2 Å². The number of aryl methyl sites for hydroxylation is 1. The average Bonchev–Trinajstić information content (AvgIpc) is 2.13. The smallest absolute Gasteiger partial charge is 0.209 e. The van der Waals surface area contributed by atoms with E-state index in [-0.39, 0.29) is 4.90 Å². The lowest BCUT2D eigenvalue weighted by molar-refractivity contribution is 0.153. The van der Waals surface area contributed by atoms with Crippen LogP contribution in [0.1, 0.15) is 5.56 Å². The Hall–Kier alpha value is -0.530. The van der Waals surface area contributed by atoms with E-state index in [0.29, 0.717) is 4.47 Å². The van der Waals surface area contributed by atoms with Gasteiger partial charge in [-0.1, -0.05) is 15.9 Å². The van der Waals surface area contributed by atoms with Crippen molar-refractivity contribution in [3.8, 4) is 0 Å². The van der Waals surface area contributed by atoms with Crippen molar-refractivity contribution in [1.29, 1.82) is 0 Å². The predicted molar refractivity (Wildman–Crippen MR) is 60.1 cm³/mol. The van der Waals surface area contributed by atoms with Gasteiger partial charge in [-0.25, -0.2) is 21.9 Å². The molecule has 1 rings (SSSR count). The number of alkyl halides is 2. The Morgan fingerprint density at radius 1 is 1.38 bits per heavy atom. The number of rotatable bonds is 4. The minimum absolute atomic E-state index is 0.0278. The highest BCUT2D eigenvalue weighted by molar-refractivity contribution is 9.10. The summed E-state index contributed by atoms with van der Waals surface area (Å²) < 4.78 is 49.4. The van der Waals surface area contributed by atoms with Crippen molar-refractivity contribution in [3.05, 3.63) is 28.2 Å². The molecule has 0 aliphatic heterocycles. The molecule has 0 spiro atoms. The topological polar surface area (TPSA) is 46.2 Å². The molecule has 0 saturated carbocycles. The molecule has 0 unspecified atom stereocenters. The summed E-state index contributed by atoms with van der Waals surface area (Å²) in [7, 11) is -3.86. The van der Waals surface area contributed by atoms with Crippen molar-refractivity contribution in [2.24, 2.45) is 0 Å². The van der Waals surface area contributed by atoms with E-state index < -0.39 is 23.0 Å². The van der Waals surface area contributed by atoms with E-state index >= 15 is 0 Å². The second-order valence-corrected chi connectivity index (χ2v) is 5.89. The van der Waals surface area contributed by atoms with E-state index in [0.717, 1.165) is 5.56 Å². The number of benzene rings is 1. The van der Waals surface area contributed by atoms with Gasteiger partial charge < -0.3 is 0 Å². The molecule has 0 fully saturated rings. The van der Waals surface area contributed by atoms with Crippen LogP contribution in [0.2, 0.25) is 0 Å². The highest BCUT2D eigenvalue weighted by Crippen LogP contribution is 2.18. The third-order valence-electron chi connectivity index (χ3n) is 1.75. The lowest BCUT2D eigenvalue weighted by Crippen LogP contribution is -2.28. The van der Waals surface area contributed by atoms with Gasteiger partial charge >= 0.3 is 0 Å². The zero-order chi connectivity index (χ0) is 12.3. The Kier molecular flexibility index (Phi) is 4.40. The van der Waals surface area contributed by atoms with Gasteiger partial charge in [0.15, 0.2) is 0 Å². The molecule has 0 amide bonds. The molecule has 0 radical (unpaired) electrons. The first-order valence-corrected chi connectivity index (χ1v) is 6.64. The summed E-state index contributed by atoms with van der Waals surface area (Å²) >= 11 is 3.15. The molecule has 16 heavy (non-hydrogen) atoms. The molecular weight excluding hydrogens is 304 g/mol. The molecule has 3 nitrogen and oxygen atoms in total. The molecule has 1 aromatic rings. The lowest BCUT2D eigenvalue weighted by Gasteiger charge is -2.07. The molecule has 7 heteroatoms. The van der Waals surface area contributed by atoms with Crippen molar-refractivity contribution >= 4 is 26.0 Å². The normalized spacial score (nSPS) is 12.1. The summed E-state index contributed by atoms with van der Waals surface area (Å²) in [6.45, 7) is 0.838. The van der Waals surface area contributed by atoms with Gasteiger partial charge in [0.25, 0.3) is 6.43 Å². The lowest BCUT2D eigenvalue weighted by atomic mass is 10.2. The van der Waals surface area contributed by atoms with E-state index in [2.05, 4.69) is 15.9 Å². The minimum atomic E-state index is -3.86. The fourth-order valence-corrected chi connectivity index (χ4v) is 3.01. The number of hydrogen-bond donors (Lipinski definition) is 1. The van der Waals surface area contributed by atoms with E-state index in [1.165, 1.54) is 12.1 Å². The molecule has 0 heterocycles. The molecule has 90 valence electrons. The van der Waals surface area contributed by atoms with Crippen LogP contribution in [0.15, 0.2) is 27.6 Å². The van der Waals surface area contributed by atoms with Crippen LogP contribution >= 0.6 is 15.9 Å². The SMILES string of the molecule is Cc1cc(Br)cc(S(=O)(=O)NCC(F)F)c1. The van der Waals surface area contributed by atoms with E-state index in [9.17, 15) is 17.2 Å². The molecule has 0 aliphatic rings. The van der Waals surface area contributed by atoms with E-state index in [1.807, 2.05) is 4.72 Å². The van der Waals surface area contributed by atoms with Gasteiger partial charge in [-0.3, -0.25) is 0 Å². The van der Waals surface area contributed by atoms with Gasteiger partial charge in [-0.05, 0) is 30.7 Å². The maximum Gasteiger partial charge on any atom is 0.251 e. The van der Waals surface area contributed by atoms with Gasteiger partial charge in [0.2, 0.25) is 10.0 Å². The van der Waals surface area contributed by atoms with Gasteiger partial charge in [0.05, 0.1) is 11.4 Å². The highest BCUT2D eigenvalue weighted by Gasteiger charge is 2.16. The summed E-state index contributed by atoms with van der Waals surface area (Å²) in [5, 5.41) is 0. The first-order chi connectivity index (χ1) is 7.31. The van der Waals surface area contributed by atoms with Crippen LogP contribution in [0.4, 0.5) is 8.78 Å². The standard InChI is InChI=1S/C9H10BrF2NO2S/c1-6-2-7(10)4-8(3-6)16(14,15)13-5-9(11)12/h2-4,9,13H,5H2,1H3. The Balaban J connectivity index is 2.98. The van der Waals surface area contributed by atoms with E-state index in [1.54, 1.807) is 13.0 Å². The second-order valence-electron chi connectivity index (χ2n) is 3.21. The Labute approximate surface area is 101 Å². The van der Waals surface area contributed by atoms with Crippen molar-refractivity contribution in [2.45, 2.75) is 18.2 Å². The van der Waals surface area contributed by atoms with Crippen LogP contribution in [-0.4, -0.2) is 21.4 Å². The Bertz CT molecular complexity index is 456. The molecular formula is C9H10BrF2NO2S. The van der Waals surface area contributed by atoms with E-state index in [4.69, 9.17) is 0 Å². The first-order valence-electron chi connectivity index (χ1n) is 4.36. The van der Waals surface area contributed by atoms with Crippen molar-refractivity contribution in [3.63, 3.8) is 0 Å². The van der Waals surface area contributed by atoms with Crippen LogP contribution in [0.5, 0.6) is 0 Å². The van der Waals surface area contributed by atoms with Crippen molar-refractivity contribution in [2.75, 3.05) is 6.54 Å². The second kappa shape index (κ2) is 5.20. The van der Waals surface area contributed by atoms with Gasteiger partial charge in [-0.15, -0.1) is 0 Å². The monoisotopic (exact) mass is 313 g/mol. The Morgan fingerprint density at radius 3 is 2.50 bits per heavy atom. The summed E-state index contributed by atoms with van der Waals surface area (Å²) in [6, 6.07) is 4.51. The van der Waals surface area contributed by atoms with Gasteiger partial charge in [0.1, 0.15) is 0 Å². The molecule has 0 aliphatic carbocycles. The van der Waals surface area contributed by atoms with Crippen LogP contribution in [0.25, 0.3) is 0 Å². The summed E-state index contributed by atoms with van der Waals surface area (Å²) in [6.07, 6.45) is -2.71. The first kappa shape index (κ1) is 13.5. The molecule has 0 bridgehead atoms. The van der Waals surface area contributed by atoms with Crippen LogP contribution in [-0.2, 0) is 10.0 Å². The summed E-state index contributed by atoms with van der Waals surface area (Å²) in [5.41, 5.74) is 0.729. The van der Waals surface area contributed by atoms with Crippen LogP contribution in [0, 0.1) is 6.92 Å². The summed E-state index contributed by atoms with van der Waals surface area (Å²) in [5.74, 6) is 0. The number of sulfonamides is 1. The fraction of sp³-hybridized carbons (Fsp3) is 0.333. The maximum atomic E-state index is 11.9. The largest absolute Gasteiger partial charge is 0.251 e. The van der Waals surface area contributed by atoms with Gasteiger partial charge in [0, 0.05) is 4.47 Å². The number of hydrogen-bond acceptors (Lipinski definition) is 2. The molecule has 0 saturated heterocycles. The van der Waals surface area contributed by atoms with Gasteiger partial charge in [-0.2, -0.15) is 0 Å². The Morgan fingerprint density at radius 2 is 2.00 bits per heavy atom. The van der Waals surface area contributed by atoms with Crippen LogP contribution in [0.3, 0.4) is 0 Å². The minimum Gasteiger partial charge on any atom is -0.209 e. The molecule has 1 N–H and O–H groups in total. The fourth-order valence-electron chi connectivity index (χ4n) is 1.11. The zero-order valence-electron chi connectivity index (χ0n) is 8.38. The van der Waals surface area contributed by atoms with Crippen molar-refractivity contribution in [1.82, 2.24) is 4.72 Å². The number of nitrogens with one attached hydrogen (secondary N) is 1.